The molecule has 0 spiro atoms. The van der Waals surface area contributed by atoms with Gasteiger partial charge in [-0.2, -0.15) is 0 Å². The molecule has 0 saturated heterocycles. The first-order valence-corrected chi connectivity index (χ1v) is 5.13. The van der Waals surface area contributed by atoms with E-state index in [0.717, 1.165) is 19.4 Å². The van der Waals surface area contributed by atoms with Gasteiger partial charge in [0, 0.05) is 0 Å². The first-order chi connectivity index (χ1) is 6.19. The number of nitrogens with one attached hydrogen (secondary N) is 2. The van der Waals surface area contributed by atoms with Gasteiger partial charge in [0.1, 0.15) is 0 Å². The molecule has 0 bridgehead atoms. The van der Waals surface area contributed by atoms with Gasteiger partial charge in [-0.1, -0.05) is 13.8 Å². The maximum Gasteiger partial charge on any atom is 0.166 e. The Hall–Kier alpha value is -0.410. The highest BCUT2D eigenvalue weighted by Crippen LogP contribution is 2.21. The van der Waals surface area contributed by atoms with Crippen LogP contribution in [0.2, 0.25) is 0 Å². The lowest BCUT2D eigenvalue weighted by molar-refractivity contribution is -0.125. The first kappa shape index (κ1) is 10.7. The number of rotatable bonds is 3. The molecule has 0 amide bonds. The van der Waals surface area contributed by atoms with E-state index in [1.54, 1.807) is 0 Å². The summed E-state index contributed by atoms with van der Waals surface area (Å²) < 4.78 is 0. The van der Waals surface area contributed by atoms with Crippen LogP contribution in [0, 0.1) is 5.92 Å². The highest BCUT2D eigenvalue weighted by atomic mass is 16.1. The molecule has 1 fully saturated rings. The van der Waals surface area contributed by atoms with Crippen LogP contribution in [0.25, 0.3) is 0 Å². The fourth-order valence-electron chi connectivity index (χ4n) is 2.07. The van der Waals surface area contributed by atoms with E-state index in [4.69, 9.17) is 0 Å². The molecule has 13 heavy (non-hydrogen) atoms. The number of carbonyl (C=O) groups excluding carboxylic acids is 1. The van der Waals surface area contributed by atoms with Crippen molar-refractivity contribution in [3.05, 3.63) is 0 Å². The number of carbonyl (C=O) groups is 1. The second kappa shape index (κ2) is 4.72. The number of Topliss-reactive ketones (excluding diaryl/α,β-unsaturated/α-hetero) is 1. The Balaban J connectivity index is 2.58. The van der Waals surface area contributed by atoms with Crippen LogP contribution in [-0.4, -0.2) is 31.5 Å². The molecular formula is C10H20N2O. The molecular weight excluding hydrogens is 164 g/mol. The molecule has 3 atom stereocenters. The van der Waals surface area contributed by atoms with E-state index in [0.29, 0.717) is 11.7 Å². The Labute approximate surface area is 80.3 Å². The zero-order chi connectivity index (χ0) is 9.84. The Kier molecular flexibility index (Phi) is 3.88. The molecule has 3 heteroatoms. The van der Waals surface area contributed by atoms with Crippen LogP contribution in [0.4, 0.5) is 0 Å². The van der Waals surface area contributed by atoms with Gasteiger partial charge in [-0.05, 0) is 32.4 Å². The molecule has 0 aromatic rings. The predicted octanol–water partition coefficient (Wildman–Crippen LogP) is 0.551. The van der Waals surface area contributed by atoms with Crippen molar-refractivity contribution in [3.8, 4) is 0 Å². The largest absolute Gasteiger partial charge is 0.310 e. The summed E-state index contributed by atoms with van der Waals surface area (Å²) in [5.41, 5.74) is 0. The van der Waals surface area contributed by atoms with Crippen molar-refractivity contribution < 1.29 is 4.79 Å². The van der Waals surface area contributed by atoms with Gasteiger partial charge in [0.15, 0.2) is 5.78 Å². The van der Waals surface area contributed by atoms with Gasteiger partial charge >= 0.3 is 0 Å². The predicted molar refractivity (Wildman–Crippen MR) is 53.7 cm³/mol. The van der Waals surface area contributed by atoms with Crippen molar-refractivity contribution in [2.75, 3.05) is 13.6 Å². The summed E-state index contributed by atoms with van der Waals surface area (Å²) in [5, 5.41) is 6.32. The number of ketones is 1. The van der Waals surface area contributed by atoms with Gasteiger partial charge in [0.25, 0.3) is 0 Å². The first-order valence-electron chi connectivity index (χ1n) is 5.13. The molecule has 1 saturated carbocycles. The van der Waals surface area contributed by atoms with Crippen LogP contribution >= 0.6 is 0 Å². The van der Waals surface area contributed by atoms with E-state index < -0.39 is 0 Å². The lowest BCUT2D eigenvalue weighted by atomic mass is 9.82. The van der Waals surface area contributed by atoms with Crippen molar-refractivity contribution in [1.29, 1.82) is 0 Å². The Morgan fingerprint density at radius 1 is 1.38 bits per heavy atom. The highest BCUT2D eigenvalue weighted by molar-refractivity contribution is 5.89. The van der Waals surface area contributed by atoms with Crippen LogP contribution in [0.15, 0.2) is 0 Å². The SMILES string of the molecule is CCNC1CC(C)C[C@@H](NC)C1=O. The Morgan fingerprint density at radius 3 is 2.54 bits per heavy atom. The van der Waals surface area contributed by atoms with Crippen molar-refractivity contribution in [2.45, 2.75) is 38.8 Å². The maximum atomic E-state index is 11.8. The zero-order valence-electron chi connectivity index (χ0n) is 8.76. The minimum Gasteiger partial charge on any atom is -0.310 e. The van der Waals surface area contributed by atoms with E-state index in [9.17, 15) is 4.79 Å². The summed E-state index contributed by atoms with van der Waals surface area (Å²) in [6.07, 6.45) is 1.97. The molecule has 0 radical (unpaired) electrons. The average molecular weight is 184 g/mol. The fourth-order valence-corrected chi connectivity index (χ4v) is 2.07. The van der Waals surface area contributed by atoms with Gasteiger partial charge in [0.05, 0.1) is 12.1 Å². The van der Waals surface area contributed by atoms with Crippen LogP contribution < -0.4 is 10.6 Å². The highest BCUT2D eigenvalue weighted by Gasteiger charge is 2.32. The van der Waals surface area contributed by atoms with Crippen LogP contribution in [0.3, 0.4) is 0 Å². The van der Waals surface area contributed by atoms with Gasteiger partial charge in [-0.15, -0.1) is 0 Å². The molecule has 1 aliphatic carbocycles. The normalized spacial score (nSPS) is 35.0. The summed E-state index contributed by atoms with van der Waals surface area (Å²) in [5.74, 6) is 0.974. The summed E-state index contributed by atoms with van der Waals surface area (Å²) in [6.45, 7) is 5.13. The minimum absolute atomic E-state index is 0.0628. The van der Waals surface area contributed by atoms with Crippen molar-refractivity contribution in [2.24, 2.45) is 5.92 Å². The average Bonchev–Trinajstić information content (AvgIpc) is 2.11. The van der Waals surface area contributed by atoms with Crippen molar-refractivity contribution >= 4 is 5.78 Å². The zero-order valence-corrected chi connectivity index (χ0v) is 8.76. The fraction of sp³-hybridized carbons (Fsp3) is 0.900. The van der Waals surface area contributed by atoms with E-state index in [-0.39, 0.29) is 12.1 Å². The third-order valence-electron chi connectivity index (χ3n) is 2.76. The molecule has 0 heterocycles. The number of likely N-dealkylation sites (N-methyl/N-ethyl adjacent to an activating group) is 2. The summed E-state index contributed by atoms with van der Waals surface area (Å²) >= 11 is 0. The van der Waals surface area contributed by atoms with Gasteiger partial charge < -0.3 is 10.6 Å². The molecule has 2 unspecified atom stereocenters. The molecule has 76 valence electrons. The third-order valence-corrected chi connectivity index (χ3v) is 2.76. The summed E-state index contributed by atoms with van der Waals surface area (Å²) in [6, 6.07) is 0.138. The van der Waals surface area contributed by atoms with E-state index >= 15 is 0 Å². The monoisotopic (exact) mass is 184 g/mol. The van der Waals surface area contributed by atoms with E-state index in [2.05, 4.69) is 17.6 Å². The lowest BCUT2D eigenvalue weighted by Crippen LogP contribution is -2.52. The smallest absolute Gasteiger partial charge is 0.166 e. The van der Waals surface area contributed by atoms with Gasteiger partial charge in [-0.3, -0.25) is 4.79 Å². The third kappa shape index (κ3) is 2.51. The summed E-state index contributed by atoms with van der Waals surface area (Å²) in [7, 11) is 1.86. The van der Waals surface area contributed by atoms with Gasteiger partial charge in [0.2, 0.25) is 0 Å². The van der Waals surface area contributed by atoms with Gasteiger partial charge in [-0.25, -0.2) is 0 Å². The standard InChI is InChI=1S/C10H20N2O/c1-4-12-9-6-7(2)5-8(11-3)10(9)13/h7-9,11-12H,4-6H2,1-3H3/t7?,8-,9?/m1/s1. The Bertz CT molecular complexity index is 182. The quantitative estimate of drug-likeness (QED) is 0.673. The summed E-state index contributed by atoms with van der Waals surface area (Å²) in [4.78, 5) is 11.8. The van der Waals surface area contributed by atoms with Crippen LogP contribution in [0.5, 0.6) is 0 Å². The van der Waals surface area contributed by atoms with Crippen molar-refractivity contribution in [1.82, 2.24) is 10.6 Å². The second-order valence-electron chi connectivity index (χ2n) is 3.93. The molecule has 0 aromatic carbocycles. The topological polar surface area (TPSA) is 41.1 Å². The molecule has 1 rings (SSSR count). The van der Waals surface area contributed by atoms with E-state index in [1.165, 1.54) is 0 Å². The number of hydrogen-bond donors (Lipinski definition) is 2. The lowest BCUT2D eigenvalue weighted by Gasteiger charge is -2.32. The maximum absolute atomic E-state index is 11.8. The molecule has 1 aliphatic rings. The minimum atomic E-state index is 0.0628. The molecule has 2 N–H and O–H groups in total. The molecule has 3 nitrogen and oxygen atoms in total. The van der Waals surface area contributed by atoms with Crippen LogP contribution in [-0.2, 0) is 4.79 Å². The second-order valence-corrected chi connectivity index (χ2v) is 3.93. The molecule has 0 aliphatic heterocycles. The number of hydrogen-bond acceptors (Lipinski definition) is 3. The van der Waals surface area contributed by atoms with Crippen LogP contribution in [0.1, 0.15) is 26.7 Å². The molecule has 0 aromatic heterocycles. The Morgan fingerprint density at radius 2 is 2.00 bits per heavy atom. The van der Waals surface area contributed by atoms with E-state index in [1.807, 2.05) is 14.0 Å². The van der Waals surface area contributed by atoms with Crippen molar-refractivity contribution in [3.63, 3.8) is 0 Å².